The van der Waals surface area contributed by atoms with Crippen molar-refractivity contribution in [2.75, 3.05) is 0 Å². The van der Waals surface area contributed by atoms with Crippen LogP contribution in [0.25, 0.3) is 5.00 Å². The van der Waals surface area contributed by atoms with E-state index in [1.807, 2.05) is 42.7 Å². The zero-order valence-electron chi connectivity index (χ0n) is 8.73. The fourth-order valence-electron chi connectivity index (χ4n) is 1.21. The highest BCUT2D eigenvalue weighted by molar-refractivity contribution is 7.12. The molecule has 0 unspecified atom stereocenters. The molecule has 3 aromatic rings. The number of aromatic nitrogens is 2. The lowest BCUT2D eigenvalue weighted by molar-refractivity contribution is 1.11. The summed E-state index contributed by atoms with van der Waals surface area (Å²) in [5, 5.41) is 3.35. The summed E-state index contributed by atoms with van der Waals surface area (Å²) >= 11 is 1.74. The van der Waals surface area contributed by atoms with Crippen LogP contribution in [0.15, 0.2) is 72.6 Å². The van der Waals surface area contributed by atoms with Gasteiger partial charge in [-0.3, -0.25) is 4.98 Å². The number of pyridine rings is 1. The van der Waals surface area contributed by atoms with Crippen molar-refractivity contribution in [2.24, 2.45) is 0 Å². The summed E-state index contributed by atoms with van der Waals surface area (Å²) in [5.41, 5.74) is 0. The Morgan fingerprint density at radius 1 is 0.875 bits per heavy atom. The Morgan fingerprint density at radius 3 is 2.06 bits per heavy atom. The molecule has 2 nitrogen and oxygen atoms in total. The van der Waals surface area contributed by atoms with Gasteiger partial charge >= 0.3 is 0 Å². The number of hydrogen-bond acceptors (Lipinski definition) is 2. The Kier molecular flexibility index (Phi) is 3.91. The van der Waals surface area contributed by atoms with E-state index in [0.29, 0.717) is 0 Å². The normalized spacial score (nSPS) is 9.25. The summed E-state index contributed by atoms with van der Waals surface area (Å²) < 4.78 is 2.10. The highest BCUT2D eigenvalue weighted by atomic mass is 32.1. The Bertz CT molecular complexity index is 413. The summed E-state index contributed by atoms with van der Waals surface area (Å²) in [6, 6.07) is 13.9. The molecule has 0 saturated carbocycles. The molecule has 3 aromatic heterocycles. The van der Waals surface area contributed by atoms with Gasteiger partial charge in [-0.05, 0) is 41.8 Å². The standard InChI is InChI=1S/C8H7NS.C5H5N/c1-2-6-9(5-1)8-4-3-7-10-8;1-2-4-6-5-3-1/h1-7H;1-5H. The van der Waals surface area contributed by atoms with Crippen molar-refractivity contribution < 1.29 is 0 Å². The summed E-state index contributed by atoms with van der Waals surface area (Å²) in [6.07, 6.45) is 7.59. The van der Waals surface area contributed by atoms with Gasteiger partial charge < -0.3 is 4.57 Å². The fourth-order valence-corrected chi connectivity index (χ4v) is 1.91. The van der Waals surface area contributed by atoms with Crippen molar-refractivity contribution >= 4 is 11.3 Å². The average Bonchev–Trinajstić information content (AvgIpc) is 3.05. The zero-order chi connectivity index (χ0) is 11.1. The molecule has 0 amide bonds. The lowest BCUT2D eigenvalue weighted by Crippen LogP contribution is -1.81. The minimum absolute atomic E-state index is 1.27. The third-order valence-corrected chi connectivity index (χ3v) is 2.81. The van der Waals surface area contributed by atoms with E-state index in [1.165, 1.54) is 5.00 Å². The second-order valence-electron chi connectivity index (χ2n) is 3.07. The number of hydrogen-bond donors (Lipinski definition) is 0. The molecular weight excluding hydrogens is 216 g/mol. The van der Waals surface area contributed by atoms with E-state index in [4.69, 9.17) is 0 Å². The van der Waals surface area contributed by atoms with Gasteiger partial charge in [0.05, 0.1) is 5.00 Å². The first kappa shape index (κ1) is 10.6. The van der Waals surface area contributed by atoms with E-state index in [2.05, 4.69) is 27.1 Å². The molecule has 16 heavy (non-hydrogen) atoms. The fraction of sp³-hybridized carbons (Fsp3) is 0. The van der Waals surface area contributed by atoms with Gasteiger partial charge in [-0.1, -0.05) is 6.07 Å². The highest BCUT2D eigenvalue weighted by Gasteiger charge is 1.91. The quantitative estimate of drug-likeness (QED) is 0.622. The van der Waals surface area contributed by atoms with Gasteiger partial charge in [-0.2, -0.15) is 0 Å². The van der Waals surface area contributed by atoms with Gasteiger partial charge in [0.15, 0.2) is 0 Å². The predicted molar refractivity (Wildman–Crippen MR) is 67.9 cm³/mol. The Balaban J connectivity index is 0.000000138. The lowest BCUT2D eigenvalue weighted by atomic mass is 10.5. The molecule has 3 heteroatoms. The van der Waals surface area contributed by atoms with Crippen LogP contribution in [0.4, 0.5) is 0 Å². The molecule has 0 atom stereocenters. The van der Waals surface area contributed by atoms with Crippen LogP contribution in [0.5, 0.6) is 0 Å². The average molecular weight is 228 g/mol. The Morgan fingerprint density at radius 2 is 1.62 bits per heavy atom. The first-order chi connectivity index (χ1) is 7.97. The first-order valence-electron chi connectivity index (χ1n) is 4.98. The molecule has 0 aliphatic rings. The minimum atomic E-state index is 1.27. The molecule has 0 N–H and O–H groups in total. The lowest BCUT2D eigenvalue weighted by Gasteiger charge is -1.93. The van der Waals surface area contributed by atoms with E-state index in [0.717, 1.165) is 0 Å². The summed E-state index contributed by atoms with van der Waals surface area (Å²) in [6.45, 7) is 0. The molecule has 0 aromatic carbocycles. The molecule has 0 spiro atoms. The summed E-state index contributed by atoms with van der Waals surface area (Å²) in [5.74, 6) is 0. The Hall–Kier alpha value is -1.87. The largest absolute Gasteiger partial charge is 0.316 e. The maximum Gasteiger partial charge on any atom is 0.0989 e. The van der Waals surface area contributed by atoms with Crippen LogP contribution in [0.1, 0.15) is 0 Å². The van der Waals surface area contributed by atoms with Crippen LogP contribution in [-0.4, -0.2) is 9.55 Å². The van der Waals surface area contributed by atoms with Gasteiger partial charge in [-0.25, -0.2) is 0 Å². The molecule has 3 rings (SSSR count). The smallest absolute Gasteiger partial charge is 0.0989 e. The van der Waals surface area contributed by atoms with E-state index in [1.54, 1.807) is 23.7 Å². The maximum absolute atomic E-state index is 3.78. The van der Waals surface area contributed by atoms with E-state index in [9.17, 15) is 0 Å². The van der Waals surface area contributed by atoms with Gasteiger partial charge in [0.25, 0.3) is 0 Å². The topological polar surface area (TPSA) is 17.8 Å². The van der Waals surface area contributed by atoms with Crippen molar-refractivity contribution in [2.45, 2.75) is 0 Å². The van der Waals surface area contributed by atoms with Gasteiger partial charge in [0.1, 0.15) is 0 Å². The molecule has 0 fully saturated rings. The van der Waals surface area contributed by atoms with Crippen LogP contribution in [-0.2, 0) is 0 Å². The summed E-state index contributed by atoms with van der Waals surface area (Å²) in [7, 11) is 0. The van der Waals surface area contributed by atoms with Crippen LogP contribution in [0, 0.1) is 0 Å². The highest BCUT2D eigenvalue weighted by Crippen LogP contribution is 2.13. The predicted octanol–water partition coefficient (Wildman–Crippen LogP) is 3.62. The van der Waals surface area contributed by atoms with Gasteiger partial charge in [0, 0.05) is 24.8 Å². The molecule has 0 aliphatic heterocycles. The molecular formula is C13H12N2S. The van der Waals surface area contributed by atoms with Gasteiger partial charge in [-0.15, -0.1) is 11.3 Å². The van der Waals surface area contributed by atoms with E-state index in [-0.39, 0.29) is 0 Å². The number of rotatable bonds is 1. The SMILES string of the molecule is c1ccncc1.c1csc(-n2cccc2)c1. The second kappa shape index (κ2) is 5.88. The number of nitrogens with zero attached hydrogens (tertiary/aromatic N) is 2. The third-order valence-electron chi connectivity index (χ3n) is 1.93. The monoisotopic (exact) mass is 228 g/mol. The van der Waals surface area contributed by atoms with Crippen molar-refractivity contribution in [1.29, 1.82) is 0 Å². The van der Waals surface area contributed by atoms with Crippen molar-refractivity contribution in [3.05, 3.63) is 72.6 Å². The van der Waals surface area contributed by atoms with E-state index < -0.39 is 0 Å². The molecule has 0 saturated heterocycles. The van der Waals surface area contributed by atoms with Crippen molar-refractivity contribution in [3.63, 3.8) is 0 Å². The van der Waals surface area contributed by atoms with Crippen LogP contribution in [0.3, 0.4) is 0 Å². The maximum atomic E-state index is 3.78. The molecule has 80 valence electrons. The van der Waals surface area contributed by atoms with E-state index >= 15 is 0 Å². The van der Waals surface area contributed by atoms with Crippen LogP contribution in [0.2, 0.25) is 0 Å². The van der Waals surface area contributed by atoms with Crippen LogP contribution < -0.4 is 0 Å². The van der Waals surface area contributed by atoms with Crippen LogP contribution >= 0.6 is 11.3 Å². The second-order valence-corrected chi connectivity index (χ2v) is 3.99. The minimum Gasteiger partial charge on any atom is -0.316 e. The first-order valence-corrected chi connectivity index (χ1v) is 5.86. The molecule has 0 bridgehead atoms. The summed E-state index contributed by atoms with van der Waals surface area (Å²) in [4.78, 5) is 3.78. The van der Waals surface area contributed by atoms with Crippen molar-refractivity contribution in [3.8, 4) is 5.00 Å². The zero-order valence-corrected chi connectivity index (χ0v) is 9.55. The molecule has 0 radical (unpaired) electrons. The molecule has 0 aliphatic carbocycles. The van der Waals surface area contributed by atoms with Crippen molar-refractivity contribution in [1.82, 2.24) is 9.55 Å². The number of thiophene rings is 1. The Labute approximate surface area is 98.8 Å². The molecule has 3 heterocycles. The third kappa shape index (κ3) is 3.07. The van der Waals surface area contributed by atoms with Gasteiger partial charge in [0.2, 0.25) is 0 Å².